The molecule has 0 aliphatic carbocycles. The molecular weight excluding hydrogens is 451 g/mol. The van der Waals surface area contributed by atoms with Crippen LogP contribution in [0.1, 0.15) is 55.1 Å². The fourth-order valence-electron chi connectivity index (χ4n) is 4.76. The summed E-state index contributed by atoms with van der Waals surface area (Å²) in [6.07, 6.45) is 2.80. The highest BCUT2D eigenvalue weighted by Crippen LogP contribution is 2.29. The molecule has 182 valence electrons. The molecule has 1 unspecified atom stereocenters. The Morgan fingerprint density at radius 1 is 1.09 bits per heavy atom. The van der Waals surface area contributed by atoms with Crippen molar-refractivity contribution in [2.75, 3.05) is 19.6 Å². The van der Waals surface area contributed by atoms with Gasteiger partial charge >= 0.3 is 0 Å². The van der Waals surface area contributed by atoms with Crippen LogP contribution in [0.4, 0.5) is 4.39 Å². The predicted octanol–water partition coefficient (Wildman–Crippen LogP) is 4.64. The summed E-state index contributed by atoms with van der Waals surface area (Å²) in [5.41, 5.74) is 3.32. The first-order valence-corrected chi connectivity index (χ1v) is 13.4. The van der Waals surface area contributed by atoms with Gasteiger partial charge in [0.1, 0.15) is 5.82 Å². The number of nitrogens with one attached hydrogen (secondary N) is 1. The van der Waals surface area contributed by atoms with E-state index in [0.717, 1.165) is 50.3 Å². The molecule has 4 rings (SSSR count). The minimum absolute atomic E-state index is 0.0680. The number of halogens is 1. The van der Waals surface area contributed by atoms with Crippen molar-refractivity contribution >= 4 is 10.0 Å². The number of hydrogen-bond donors (Lipinski definition) is 1. The van der Waals surface area contributed by atoms with E-state index in [4.69, 9.17) is 0 Å². The maximum Gasteiger partial charge on any atom is 0.241 e. The van der Waals surface area contributed by atoms with Crippen molar-refractivity contribution in [1.29, 1.82) is 0 Å². The van der Waals surface area contributed by atoms with Crippen LogP contribution in [0.3, 0.4) is 0 Å². The molecule has 0 bridgehead atoms. The first-order chi connectivity index (χ1) is 16.4. The van der Waals surface area contributed by atoms with Gasteiger partial charge in [-0.2, -0.15) is 5.10 Å². The lowest BCUT2D eigenvalue weighted by Crippen LogP contribution is -2.37. The fraction of sp³-hybridized carbons (Fsp3) is 0.423. The Morgan fingerprint density at radius 3 is 2.41 bits per heavy atom. The zero-order valence-electron chi connectivity index (χ0n) is 19.8. The number of benzene rings is 2. The number of likely N-dealkylation sites (tertiary alicyclic amines) is 1. The highest BCUT2D eigenvalue weighted by Gasteiger charge is 2.26. The van der Waals surface area contributed by atoms with Gasteiger partial charge in [0.25, 0.3) is 0 Å². The molecule has 3 aromatic rings. The van der Waals surface area contributed by atoms with Gasteiger partial charge in [-0.05, 0) is 88.6 Å². The molecule has 1 aromatic heterocycles. The lowest BCUT2D eigenvalue weighted by atomic mass is 9.92. The molecule has 0 spiro atoms. The van der Waals surface area contributed by atoms with Gasteiger partial charge < -0.3 is 4.90 Å². The van der Waals surface area contributed by atoms with Crippen molar-refractivity contribution in [2.45, 2.75) is 56.5 Å². The summed E-state index contributed by atoms with van der Waals surface area (Å²) in [7, 11) is -3.77. The topological polar surface area (TPSA) is 67.2 Å². The minimum atomic E-state index is -3.77. The van der Waals surface area contributed by atoms with Crippen LogP contribution in [0, 0.1) is 12.7 Å². The lowest BCUT2D eigenvalue weighted by Gasteiger charge is -2.33. The van der Waals surface area contributed by atoms with Gasteiger partial charge in [0, 0.05) is 24.2 Å². The number of sulfonamides is 1. The largest absolute Gasteiger partial charge is 0.303 e. The Morgan fingerprint density at radius 2 is 1.76 bits per heavy atom. The molecular formula is C26H33FN4O2S. The summed E-state index contributed by atoms with van der Waals surface area (Å²) in [6.45, 7) is 7.81. The van der Waals surface area contributed by atoms with Crippen LogP contribution < -0.4 is 4.72 Å². The molecule has 1 saturated heterocycles. The molecule has 2 heterocycles. The van der Waals surface area contributed by atoms with E-state index in [1.807, 2.05) is 37.3 Å². The Bertz CT molecular complexity index is 1170. The van der Waals surface area contributed by atoms with Gasteiger partial charge in [0.2, 0.25) is 10.0 Å². The van der Waals surface area contributed by atoms with Crippen LogP contribution in [0.2, 0.25) is 0 Å². The van der Waals surface area contributed by atoms with E-state index >= 15 is 0 Å². The molecule has 0 radical (unpaired) electrons. The molecule has 0 saturated carbocycles. The van der Waals surface area contributed by atoms with Gasteiger partial charge in [-0.1, -0.05) is 30.3 Å². The molecule has 1 aliphatic rings. The molecule has 2 aromatic carbocycles. The van der Waals surface area contributed by atoms with Crippen molar-refractivity contribution in [3.63, 3.8) is 0 Å². The van der Waals surface area contributed by atoms with E-state index in [0.29, 0.717) is 12.3 Å². The summed E-state index contributed by atoms with van der Waals surface area (Å²) < 4.78 is 44.2. The number of nitrogens with zero attached hydrogens (tertiary/aromatic N) is 3. The molecule has 1 atom stereocenters. The maximum absolute atomic E-state index is 13.3. The van der Waals surface area contributed by atoms with Crippen molar-refractivity contribution < 1.29 is 12.8 Å². The standard InChI is InChI=1S/C26H33FN4O2S/c1-3-31-26(19-20(2)28-31)22-13-16-30(17-14-22)18-15-25(21-7-5-4-6-8-21)29-34(32,33)24-11-9-23(27)10-12-24/h4-12,19,22,25,29H,3,13-18H2,1-2H3. The highest BCUT2D eigenvalue weighted by atomic mass is 32.2. The maximum atomic E-state index is 13.3. The summed E-state index contributed by atoms with van der Waals surface area (Å²) in [5, 5.41) is 4.60. The third-order valence-corrected chi connectivity index (χ3v) is 8.08. The molecule has 1 fully saturated rings. The van der Waals surface area contributed by atoms with Crippen LogP contribution in [0.15, 0.2) is 65.6 Å². The van der Waals surface area contributed by atoms with Crippen LogP contribution in [-0.2, 0) is 16.6 Å². The number of hydrogen-bond acceptors (Lipinski definition) is 4. The van der Waals surface area contributed by atoms with Crippen molar-refractivity contribution in [3.05, 3.63) is 83.4 Å². The highest BCUT2D eigenvalue weighted by molar-refractivity contribution is 7.89. The second-order valence-electron chi connectivity index (χ2n) is 8.97. The summed E-state index contributed by atoms with van der Waals surface area (Å²) >= 11 is 0. The quantitative estimate of drug-likeness (QED) is 0.481. The normalized spacial score (nSPS) is 16.6. The first-order valence-electron chi connectivity index (χ1n) is 11.9. The van der Waals surface area contributed by atoms with Crippen LogP contribution in [0.25, 0.3) is 0 Å². The second kappa shape index (κ2) is 10.8. The van der Waals surface area contributed by atoms with E-state index in [2.05, 4.69) is 32.4 Å². The van der Waals surface area contributed by atoms with E-state index in [9.17, 15) is 12.8 Å². The monoisotopic (exact) mass is 484 g/mol. The first kappa shape index (κ1) is 24.6. The van der Waals surface area contributed by atoms with Crippen molar-refractivity contribution in [1.82, 2.24) is 19.4 Å². The number of piperidine rings is 1. The molecule has 0 amide bonds. The van der Waals surface area contributed by atoms with E-state index in [-0.39, 0.29) is 10.9 Å². The average Bonchev–Trinajstić information content (AvgIpc) is 3.23. The van der Waals surface area contributed by atoms with Gasteiger partial charge in [0.15, 0.2) is 0 Å². The third kappa shape index (κ3) is 5.92. The van der Waals surface area contributed by atoms with Crippen LogP contribution in [0.5, 0.6) is 0 Å². The Hall–Kier alpha value is -2.55. The second-order valence-corrected chi connectivity index (χ2v) is 10.7. The fourth-order valence-corrected chi connectivity index (χ4v) is 6.02. The summed E-state index contributed by atoms with van der Waals surface area (Å²) in [6, 6.07) is 16.4. The lowest BCUT2D eigenvalue weighted by molar-refractivity contribution is 0.201. The average molecular weight is 485 g/mol. The van der Waals surface area contributed by atoms with E-state index in [1.54, 1.807) is 0 Å². The molecule has 6 nitrogen and oxygen atoms in total. The smallest absolute Gasteiger partial charge is 0.241 e. The van der Waals surface area contributed by atoms with Gasteiger partial charge in [0.05, 0.1) is 10.6 Å². The Balaban J connectivity index is 1.40. The van der Waals surface area contributed by atoms with Crippen LogP contribution in [-0.4, -0.2) is 42.7 Å². The zero-order valence-corrected chi connectivity index (χ0v) is 20.6. The molecule has 1 aliphatic heterocycles. The van der Waals surface area contributed by atoms with Crippen molar-refractivity contribution in [3.8, 4) is 0 Å². The zero-order chi connectivity index (χ0) is 24.1. The van der Waals surface area contributed by atoms with Gasteiger partial charge in [-0.3, -0.25) is 4.68 Å². The predicted molar refractivity (Wildman–Crippen MR) is 132 cm³/mol. The molecule has 34 heavy (non-hydrogen) atoms. The summed E-state index contributed by atoms with van der Waals surface area (Å²) in [4.78, 5) is 2.48. The Kier molecular flexibility index (Phi) is 7.80. The van der Waals surface area contributed by atoms with E-state index < -0.39 is 15.8 Å². The van der Waals surface area contributed by atoms with Gasteiger partial charge in [-0.15, -0.1) is 0 Å². The van der Waals surface area contributed by atoms with Crippen LogP contribution >= 0.6 is 0 Å². The molecule has 1 N–H and O–H groups in total. The number of rotatable bonds is 9. The van der Waals surface area contributed by atoms with Gasteiger partial charge in [-0.25, -0.2) is 17.5 Å². The van der Waals surface area contributed by atoms with Crippen molar-refractivity contribution in [2.24, 2.45) is 0 Å². The number of aromatic nitrogens is 2. The minimum Gasteiger partial charge on any atom is -0.303 e. The number of aryl methyl sites for hydroxylation is 2. The SMILES string of the molecule is CCn1nc(C)cc1C1CCN(CCC(NS(=O)(=O)c2ccc(F)cc2)c2ccccc2)CC1. The third-order valence-electron chi connectivity index (χ3n) is 6.60. The van der Waals surface area contributed by atoms with E-state index in [1.165, 1.54) is 30.0 Å². The molecule has 8 heteroatoms. The Labute approximate surface area is 201 Å². The summed E-state index contributed by atoms with van der Waals surface area (Å²) in [5.74, 6) is 0.0541.